The summed E-state index contributed by atoms with van der Waals surface area (Å²) in [5.41, 5.74) is 0.726. The van der Waals surface area contributed by atoms with E-state index in [-0.39, 0.29) is 17.7 Å². The molecule has 126 valence electrons. The number of aliphatic carboxylic acids is 1. The lowest BCUT2D eigenvalue weighted by molar-refractivity contribution is -0.143. The molecule has 0 bridgehead atoms. The molecule has 0 aromatic heterocycles. The minimum absolute atomic E-state index is 0.0282. The molecule has 0 aliphatic heterocycles. The first-order valence-electron chi connectivity index (χ1n) is 8.36. The number of carboxylic acids is 1. The Kier molecular flexibility index (Phi) is 6.44. The number of carbonyl (C=O) groups excluding carboxylic acids is 1. The molecule has 0 saturated heterocycles. The molecule has 5 heteroatoms. The summed E-state index contributed by atoms with van der Waals surface area (Å²) >= 11 is 0. The minimum atomic E-state index is -0.749. The number of benzene rings is 1. The lowest BCUT2D eigenvalue weighted by Gasteiger charge is -2.25. The van der Waals surface area contributed by atoms with Gasteiger partial charge in [-0.3, -0.25) is 9.59 Å². The summed E-state index contributed by atoms with van der Waals surface area (Å²) in [7, 11) is 0. The molecule has 2 N–H and O–H groups in total. The number of amides is 1. The van der Waals surface area contributed by atoms with Gasteiger partial charge in [0, 0.05) is 17.7 Å². The van der Waals surface area contributed by atoms with Crippen molar-refractivity contribution in [3.05, 3.63) is 24.3 Å². The second-order valence-corrected chi connectivity index (χ2v) is 6.11. The quantitative estimate of drug-likeness (QED) is 0.751. The summed E-state index contributed by atoms with van der Waals surface area (Å²) in [5.74, 6) is -0.421. The van der Waals surface area contributed by atoms with E-state index in [1.54, 1.807) is 0 Å². The average Bonchev–Trinajstić information content (AvgIpc) is 2.55. The van der Waals surface area contributed by atoms with Crippen LogP contribution in [0.2, 0.25) is 0 Å². The first-order chi connectivity index (χ1) is 11.1. The van der Waals surface area contributed by atoms with E-state index in [0.29, 0.717) is 32.3 Å². The van der Waals surface area contributed by atoms with Gasteiger partial charge in [0.1, 0.15) is 5.75 Å². The van der Waals surface area contributed by atoms with Crippen LogP contribution < -0.4 is 10.1 Å². The van der Waals surface area contributed by atoms with E-state index < -0.39 is 5.97 Å². The fourth-order valence-electron chi connectivity index (χ4n) is 2.84. The van der Waals surface area contributed by atoms with Crippen molar-refractivity contribution in [1.29, 1.82) is 0 Å². The fraction of sp³-hybridized carbons (Fsp3) is 0.556. The zero-order valence-corrected chi connectivity index (χ0v) is 13.6. The smallest absolute Gasteiger partial charge is 0.306 e. The standard InChI is InChI=1S/C18H25NO4/c1-2-3-11-23-16-6-4-5-15(12-16)19-17(20)13-7-9-14(10-8-13)18(21)22/h4-6,12-14H,2-3,7-11H2,1H3,(H,19,20)(H,21,22). The highest BCUT2D eigenvalue weighted by Crippen LogP contribution is 2.30. The molecule has 1 aliphatic carbocycles. The Labute approximate surface area is 137 Å². The Morgan fingerprint density at radius 2 is 1.91 bits per heavy atom. The predicted molar refractivity (Wildman–Crippen MR) is 88.6 cm³/mol. The van der Waals surface area contributed by atoms with E-state index >= 15 is 0 Å². The molecule has 1 aromatic carbocycles. The topological polar surface area (TPSA) is 75.6 Å². The molecule has 0 heterocycles. The molecule has 0 unspecified atom stereocenters. The molecule has 1 saturated carbocycles. The van der Waals surface area contributed by atoms with Crippen LogP contribution in [0.5, 0.6) is 5.75 Å². The van der Waals surface area contributed by atoms with Crippen LogP contribution in [0, 0.1) is 11.8 Å². The van der Waals surface area contributed by atoms with Crippen molar-refractivity contribution in [1.82, 2.24) is 0 Å². The van der Waals surface area contributed by atoms with Gasteiger partial charge in [0.15, 0.2) is 0 Å². The maximum atomic E-state index is 12.3. The van der Waals surface area contributed by atoms with Crippen LogP contribution in [0.15, 0.2) is 24.3 Å². The largest absolute Gasteiger partial charge is 0.494 e. The number of hydrogen-bond acceptors (Lipinski definition) is 3. The van der Waals surface area contributed by atoms with E-state index in [2.05, 4.69) is 12.2 Å². The van der Waals surface area contributed by atoms with E-state index in [1.165, 1.54) is 0 Å². The maximum Gasteiger partial charge on any atom is 0.306 e. The van der Waals surface area contributed by atoms with Crippen LogP contribution >= 0.6 is 0 Å². The van der Waals surface area contributed by atoms with Gasteiger partial charge < -0.3 is 15.2 Å². The SMILES string of the molecule is CCCCOc1cccc(NC(=O)C2CCC(C(=O)O)CC2)c1. The number of rotatable bonds is 7. The normalized spacial score (nSPS) is 20.7. The highest BCUT2D eigenvalue weighted by Gasteiger charge is 2.29. The zero-order valence-electron chi connectivity index (χ0n) is 13.6. The number of nitrogens with one attached hydrogen (secondary N) is 1. The van der Waals surface area contributed by atoms with Gasteiger partial charge in [-0.2, -0.15) is 0 Å². The van der Waals surface area contributed by atoms with E-state index in [0.717, 1.165) is 24.3 Å². The minimum Gasteiger partial charge on any atom is -0.494 e. The Hall–Kier alpha value is -2.04. The van der Waals surface area contributed by atoms with Crippen LogP contribution in [0.25, 0.3) is 0 Å². The highest BCUT2D eigenvalue weighted by molar-refractivity contribution is 5.92. The fourth-order valence-corrected chi connectivity index (χ4v) is 2.84. The van der Waals surface area contributed by atoms with Crippen LogP contribution in [0.3, 0.4) is 0 Å². The number of ether oxygens (including phenoxy) is 1. The number of anilines is 1. The van der Waals surface area contributed by atoms with Crippen molar-refractivity contribution >= 4 is 17.6 Å². The summed E-state index contributed by atoms with van der Waals surface area (Å²) < 4.78 is 5.64. The highest BCUT2D eigenvalue weighted by atomic mass is 16.5. The van der Waals surface area contributed by atoms with Gasteiger partial charge in [-0.05, 0) is 44.2 Å². The van der Waals surface area contributed by atoms with Crippen molar-refractivity contribution < 1.29 is 19.4 Å². The molecule has 0 spiro atoms. The van der Waals surface area contributed by atoms with Gasteiger partial charge in [0.05, 0.1) is 12.5 Å². The Bertz CT molecular complexity index is 536. The zero-order chi connectivity index (χ0) is 16.7. The molecule has 2 rings (SSSR count). The van der Waals surface area contributed by atoms with Gasteiger partial charge in [0.2, 0.25) is 5.91 Å². The second kappa shape index (κ2) is 8.56. The molecular weight excluding hydrogens is 294 g/mol. The second-order valence-electron chi connectivity index (χ2n) is 6.11. The monoisotopic (exact) mass is 319 g/mol. The van der Waals surface area contributed by atoms with Crippen molar-refractivity contribution in [2.45, 2.75) is 45.4 Å². The molecular formula is C18H25NO4. The molecule has 23 heavy (non-hydrogen) atoms. The third kappa shape index (κ3) is 5.27. The lowest BCUT2D eigenvalue weighted by atomic mass is 9.81. The van der Waals surface area contributed by atoms with Crippen molar-refractivity contribution in [3.8, 4) is 5.75 Å². The number of carboxylic acid groups (broad SMARTS) is 1. The third-order valence-corrected chi connectivity index (χ3v) is 4.32. The van der Waals surface area contributed by atoms with Gasteiger partial charge in [-0.15, -0.1) is 0 Å². The number of hydrogen-bond donors (Lipinski definition) is 2. The third-order valence-electron chi connectivity index (χ3n) is 4.32. The van der Waals surface area contributed by atoms with Gasteiger partial charge in [-0.1, -0.05) is 19.4 Å². The number of carbonyl (C=O) groups is 2. The maximum absolute atomic E-state index is 12.3. The summed E-state index contributed by atoms with van der Waals surface area (Å²) in [5, 5.41) is 11.9. The first kappa shape index (κ1) is 17.3. The first-order valence-corrected chi connectivity index (χ1v) is 8.36. The van der Waals surface area contributed by atoms with Crippen molar-refractivity contribution in [2.24, 2.45) is 11.8 Å². The van der Waals surface area contributed by atoms with E-state index in [4.69, 9.17) is 9.84 Å². The Balaban J connectivity index is 1.85. The van der Waals surface area contributed by atoms with Crippen LogP contribution in [-0.2, 0) is 9.59 Å². The van der Waals surface area contributed by atoms with Gasteiger partial charge in [0.25, 0.3) is 0 Å². The molecule has 0 radical (unpaired) electrons. The summed E-state index contributed by atoms with van der Waals surface area (Å²) in [4.78, 5) is 23.3. The Morgan fingerprint density at radius 3 is 2.57 bits per heavy atom. The average molecular weight is 319 g/mol. The lowest BCUT2D eigenvalue weighted by Crippen LogP contribution is -2.29. The van der Waals surface area contributed by atoms with E-state index in [1.807, 2.05) is 24.3 Å². The summed E-state index contributed by atoms with van der Waals surface area (Å²) in [6.45, 7) is 2.78. The molecule has 1 aliphatic rings. The van der Waals surface area contributed by atoms with Crippen molar-refractivity contribution in [3.63, 3.8) is 0 Å². The van der Waals surface area contributed by atoms with Crippen LogP contribution in [0.1, 0.15) is 45.4 Å². The summed E-state index contributed by atoms with van der Waals surface area (Å²) in [6.07, 6.45) is 4.50. The Morgan fingerprint density at radius 1 is 1.22 bits per heavy atom. The predicted octanol–water partition coefficient (Wildman–Crippen LogP) is 3.70. The van der Waals surface area contributed by atoms with Gasteiger partial charge >= 0.3 is 5.97 Å². The molecule has 1 amide bonds. The molecule has 5 nitrogen and oxygen atoms in total. The van der Waals surface area contributed by atoms with Gasteiger partial charge in [-0.25, -0.2) is 0 Å². The molecule has 1 fully saturated rings. The van der Waals surface area contributed by atoms with E-state index in [9.17, 15) is 9.59 Å². The van der Waals surface area contributed by atoms with Crippen LogP contribution in [0.4, 0.5) is 5.69 Å². The molecule has 0 atom stereocenters. The summed E-state index contributed by atoms with van der Waals surface area (Å²) in [6, 6.07) is 7.41. The van der Waals surface area contributed by atoms with Crippen LogP contribution in [-0.4, -0.2) is 23.6 Å². The number of unbranched alkanes of at least 4 members (excludes halogenated alkanes) is 1. The molecule has 1 aromatic rings. The van der Waals surface area contributed by atoms with Crippen molar-refractivity contribution in [2.75, 3.05) is 11.9 Å².